The molecule has 7 heteroatoms. The van der Waals surface area contributed by atoms with Gasteiger partial charge < -0.3 is 4.74 Å². The third-order valence-corrected chi connectivity index (χ3v) is 7.37. The average molecular weight is 378 g/mol. The second kappa shape index (κ2) is 7.40. The van der Waals surface area contributed by atoms with Gasteiger partial charge in [0.1, 0.15) is 10.6 Å². The largest absolute Gasteiger partial charge is 0.497 e. The van der Waals surface area contributed by atoms with E-state index in [0.717, 1.165) is 37.0 Å². The van der Waals surface area contributed by atoms with Gasteiger partial charge in [0.25, 0.3) is 0 Å². The summed E-state index contributed by atoms with van der Waals surface area (Å²) in [5.74, 6) is 0.774. The van der Waals surface area contributed by atoms with Crippen LogP contribution in [0.25, 0.3) is 0 Å². The Labute approximate surface area is 155 Å². The lowest BCUT2D eigenvalue weighted by atomic mass is 10.0. The maximum absolute atomic E-state index is 13.5. The van der Waals surface area contributed by atoms with Gasteiger partial charge in [-0.15, -0.1) is 0 Å². The number of hydrogen-bond acceptors (Lipinski definition) is 4. The van der Waals surface area contributed by atoms with Gasteiger partial charge in [-0.2, -0.15) is 9.40 Å². The van der Waals surface area contributed by atoms with E-state index in [4.69, 9.17) is 4.74 Å². The Kier molecular flexibility index (Phi) is 5.39. The highest BCUT2D eigenvalue weighted by Crippen LogP contribution is 2.36. The first-order chi connectivity index (χ1) is 12.4. The maximum atomic E-state index is 13.5. The Morgan fingerprint density at radius 2 is 1.81 bits per heavy atom. The summed E-state index contributed by atoms with van der Waals surface area (Å²) in [5, 5.41) is 4.31. The van der Waals surface area contributed by atoms with Gasteiger partial charge in [-0.3, -0.25) is 4.68 Å². The number of nitrogens with zero attached hydrogens (tertiary/aromatic N) is 3. The molecule has 1 fully saturated rings. The second-order valence-electron chi connectivity index (χ2n) is 6.88. The SMILES string of the molecule is COc1ccc(C2CCCCCN2S(=O)(=O)c2c(C)nn(C)c2C)cc1. The highest BCUT2D eigenvalue weighted by molar-refractivity contribution is 7.89. The minimum absolute atomic E-state index is 0.160. The lowest BCUT2D eigenvalue weighted by Crippen LogP contribution is -2.35. The summed E-state index contributed by atoms with van der Waals surface area (Å²) in [6, 6.07) is 7.57. The monoisotopic (exact) mass is 377 g/mol. The fourth-order valence-corrected chi connectivity index (χ4v) is 5.86. The molecule has 0 aliphatic carbocycles. The molecule has 1 saturated heterocycles. The number of sulfonamides is 1. The highest BCUT2D eigenvalue weighted by Gasteiger charge is 2.36. The van der Waals surface area contributed by atoms with Crippen LogP contribution >= 0.6 is 0 Å². The van der Waals surface area contributed by atoms with E-state index in [2.05, 4.69) is 5.10 Å². The summed E-state index contributed by atoms with van der Waals surface area (Å²) >= 11 is 0. The third-order valence-electron chi connectivity index (χ3n) is 5.21. The van der Waals surface area contributed by atoms with Crippen LogP contribution in [0, 0.1) is 13.8 Å². The van der Waals surface area contributed by atoms with Gasteiger partial charge in [0.2, 0.25) is 10.0 Å². The van der Waals surface area contributed by atoms with Crippen molar-refractivity contribution in [2.24, 2.45) is 7.05 Å². The molecule has 1 aliphatic rings. The normalized spacial score (nSPS) is 19.3. The number of rotatable bonds is 4. The molecular formula is C19H27N3O3S. The molecule has 1 aromatic heterocycles. The highest BCUT2D eigenvalue weighted by atomic mass is 32.2. The van der Waals surface area contributed by atoms with Crippen LogP contribution in [0.2, 0.25) is 0 Å². The fourth-order valence-electron chi connectivity index (χ4n) is 3.77. The number of ether oxygens (including phenoxy) is 1. The van der Waals surface area contributed by atoms with Crippen LogP contribution in [0.4, 0.5) is 0 Å². The van der Waals surface area contributed by atoms with Crippen LogP contribution < -0.4 is 4.74 Å². The van der Waals surface area contributed by atoms with Crippen molar-refractivity contribution in [3.63, 3.8) is 0 Å². The maximum Gasteiger partial charge on any atom is 0.247 e. The Morgan fingerprint density at radius 3 is 2.38 bits per heavy atom. The van der Waals surface area contributed by atoms with Crippen molar-refractivity contribution in [1.29, 1.82) is 0 Å². The summed E-state index contributed by atoms with van der Waals surface area (Å²) < 4.78 is 35.7. The van der Waals surface area contributed by atoms with Gasteiger partial charge in [0.15, 0.2) is 0 Å². The van der Waals surface area contributed by atoms with Gasteiger partial charge >= 0.3 is 0 Å². The summed E-state index contributed by atoms with van der Waals surface area (Å²) in [6.07, 6.45) is 3.77. The lowest BCUT2D eigenvalue weighted by Gasteiger charge is -2.29. The molecule has 0 bridgehead atoms. The molecule has 0 N–H and O–H groups in total. The van der Waals surface area contributed by atoms with Crippen LogP contribution in [0.5, 0.6) is 5.75 Å². The molecular weight excluding hydrogens is 350 g/mol. The first kappa shape index (κ1) is 18.9. The van der Waals surface area contributed by atoms with E-state index in [9.17, 15) is 8.42 Å². The van der Waals surface area contributed by atoms with Gasteiger partial charge in [0.05, 0.1) is 24.5 Å². The van der Waals surface area contributed by atoms with Crippen LogP contribution in [0.3, 0.4) is 0 Å². The molecule has 1 aliphatic heterocycles. The summed E-state index contributed by atoms with van der Waals surface area (Å²) in [6.45, 7) is 4.11. The van der Waals surface area contributed by atoms with E-state index in [1.54, 1.807) is 30.1 Å². The first-order valence-electron chi connectivity index (χ1n) is 9.02. The van der Waals surface area contributed by atoms with Gasteiger partial charge in [-0.1, -0.05) is 25.0 Å². The smallest absolute Gasteiger partial charge is 0.247 e. The van der Waals surface area contributed by atoms with Crippen LogP contribution in [-0.4, -0.2) is 36.2 Å². The minimum atomic E-state index is -3.62. The molecule has 6 nitrogen and oxygen atoms in total. The molecule has 0 saturated carbocycles. The van der Waals surface area contributed by atoms with Crippen molar-refractivity contribution in [2.75, 3.05) is 13.7 Å². The Hall–Kier alpha value is -1.86. The molecule has 0 radical (unpaired) electrons. The standard InChI is InChI=1S/C19H27N3O3S/c1-14-19(15(2)21(3)20-14)26(23,24)22-13-7-5-6-8-18(22)16-9-11-17(25-4)12-10-16/h9-12,18H,5-8,13H2,1-4H3. The van der Waals surface area contributed by atoms with Gasteiger partial charge in [-0.05, 0) is 44.4 Å². The van der Waals surface area contributed by atoms with Crippen molar-refractivity contribution in [3.05, 3.63) is 41.2 Å². The molecule has 1 aromatic carbocycles. The van der Waals surface area contributed by atoms with E-state index in [1.165, 1.54) is 0 Å². The number of aryl methyl sites for hydroxylation is 2. The Balaban J connectivity index is 2.05. The summed E-state index contributed by atoms with van der Waals surface area (Å²) in [5.41, 5.74) is 2.25. The number of hydrogen-bond donors (Lipinski definition) is 0. The molecule has 142 valence electrons. The molecule has 0 amide bonds. The predicted octanol–water partition coefficient (Wildman–Crippen LogP) is 3.35. The lowest BCUT2D eigenvalue weighted by molar-refractivity contribution is 0.328. The number of benzene rings is 1. The molecule has 26 heavy (non-hydrogen) atoms. The topological polar surface area (TPSA) is 64.4 Å². The molecule has 1 unspecified atom stereocenters. The molecule has 2 aromatic rings. The van der Waals surface area contributed by atoms with Crippen LogP contribution in [0.15, 0.2) is 29.2 Å². The molecule has 2 heterocycles. The molecule has 3 rings (SSSR count). The summed E-state index contributed by atoms with van der Waals surface area (Å²) in [4.78, 5) is 0.348. The first-order valence-corrected chi connectivity index (χ1v) is 10.5. The van der Waals surface area contributed by atoms with E-state index >= 15 is 0 Å². The second-order valence-corrected chi connectivity index (χ2v) is 8.70. The van der Waals surface area contributed by atoms with Crippen LogP contribution in [0.1, 0.15) is 48.7 Å². The number of aromatic nitrogens is 2. The Bertz CT molecular complexity index is 872. The van der Waals surface area contributed by atoms with E-state index < -0.39 is 10.0 Å². The Morgan fingerprint density at radius 1 is 1.12 bits per heavy atom. The van der Waals surface area contributed by atoms with Crippen molar-refractivity contribution < 1.29 is 13.2 Å². The van der Waals surface area contributed by atoms with Crippen molar-refractivity contribution in [1.82, 2.24) is 14.1 Å². The zero-order valence-electron chi connectivity index (χ0n) is 15.9. The van der Waals surface area contributed by atoms with Gasteiger partial charge in [-0.25, -0.2) is 8.42 Å². The van der Waals surface area contributed by atoms with E-state index in [-0.39, 0.29) is 6.04 Å². The summed E-state index contributed by atoms with van der Waals surface area (Å²) in [7, 11) is -0.207. The number of methoxy groups -OCH3 is 1. The van der Waals surface area contributed by atoms with E-state index in [1.807, 2.05) is 31.2 Å². The average Bonchev–Trinajstić information content (AvgIpc) is 2.81. The fraction of sp³-hybridized carbons (Fsp3) is 0.526. The van der Waals surface area contributed by atoms with Crippen molar-refractivity contribution in [2.45, 2.75) is 50.5 Å². The van der Waals surface area contributed by atoms with Gasteiger partial charge in [0, 0.05) is 13.6 Å². The third kappa shape index (κ3) is 3.38. The predicted molar refractivity (Wildman–Crippen MR) is 101 cm³/mol. The minimum Gasteiger partial charge on any atom is -0.497 e. The quantitative estimate of drug-likeness (QED) is 0.820. The van der Waals surface area contributed by atoms with Crippen LogP contribution in [-0.2, 0) is 17.1 Å². The van der Waals surface area contributed by atoms with Crippen molar-refractivity contribution >= 4 is 10.0 Å². The van der Waals surface area contributed by atoms with Crippen molar-refractivity contribution in [3.8, 4) is 5.75 Å². The zero-order valence-corrected chi connectivity index (χ0v) is 16.7. The molecule has 0 spiro atoms. The van der Waals surface area contributed by atoms with E-state index in [0.29, 0.717) is 22.8 Å². The zero-order chi connectivity index (χ0) is 18.9. The molecule has 1 atom stereocenters.